The third kappa shape index (κ3) is 3.99. The molecule has 2 N–H and O–H groups in total. The third-order valence-electron chi connectivity index (χ3n) is 3.21. The summed E-state index contributed by atoms with van der Waals surface area (Å²) in [6, 6.07) is 5.04. The Morgan fingerprint density at radius 1 is 1.25 bits per heavy atom. The number of carbonyl (C=O) groups is 2. The number of sulfone groups is 1. The highest BCUT2D eigenvalue weighted by Gasteiger charge is 2.16. The molecular weight excluding hydrogens is 334 g/mol. The van der Waals surface area contributed by atoms with Crippen LogP contribution in [0.5, 0.6) is 0 Å². The summed E-state index contributed by atoms with van der Waals surface area (Å²) in [5, 5.41) is 15.7. The summed E-state index contributed by atoms with van der Waals surface area (Å²) in [5.74, 6) is -1.85. The molecule has 0 atom stereocenters. The summed E-state index contributed by atoms with van der Waals surface area (Å²) in [4.78, 5) is 23.2. The molecule has 9 heteroatoms. The molecule has 0 fully saturated rings. The van der Waals surface area contributed by atoms with Crippen molar-refractivity contribution in [3.8, 4) is 0 Å². The Labute approximate surface area is 139 Å². The molecule has 128 valence electrons. The number of benzene rings is 1. The average molecular weight is 351 g/mol. The van der Waals surface area contributed by atoms with Crippen LogP contribution in [0, 0.1) is 0 Å². The van der Waals surface area contributed by atoms with Gasteiger partial charge in [0.25, 0.3) is 5.91 Å². The maximum absolute atomic E-state index is 12.2. The lowest BCUT2D eigenvalue weighted by molar-refractivity contribution is 0.0696. The Kier molecular flexibility index (Phi) is 4.74. The van der Waals surface area contributed by atoms with Gasteiger partial charge in [-0.3, -0.25) is 9.48 Å². The van der Waals surface area contributed by atoms with Gasteiger partial charge in [-0.25, -0.2) is 13.2 Å². The van der Waals surface area contributed by atoms with Gasteiger partial charge in [-0.15, -0.1) is 0 Å². The monoisotopic (exact) mass is 351 g/mol. The minimum Gasteiger partial charge on any atom is -0.478 e. The van der Waals surface area contributed by atoms with Crippen molar-refractivity contribution in [2.75, 3.05) is 11.6 Å². The Hall–Kier alpha value is -2.68. The second-order valence-electron chi connectivity index (χ2n) is 5.55. The smallest absolute Gasteiger partial charge is 0.335 e. The fraction of sp³-hybridized carbons (Fsp3) is 0.267. The number of nitrogens with zero attached hydrogens (tertiary/aromatic N) is 2. The minimum absolute atomic E-state index is 0.0689. The van der Waals surface area contributed by atoms with Crippen molar-refractivity contribution in [1.82, 2.24) is 9.78 Å². The van der Waals surface area contributed by atoms with E-state index in [1.54, 1.807) is 10.9 Å². The largest absolute Gasteiger partial charge is 0.478 e. The molecule has 0 spiro atoms. The van der Waals surface area contributed by atoms with Crippen LogP contribution >= 0.6 is 0 Å². The first-order chi connectivity index (χ1) is 11.1. The molecule has 8 nitrogen and oxygen atoms in total. The number of hydrogen-bond acceptors (Lipinski definition) is 5. The number of aromatic carboxylic acids is 1. The number of aromatic nitrogens is 2. The number of hydrogen-bond donors (Lipinski definition) is 2. The molecule has 0 saturated carbocycles. The van der Waals surface area contributed by atoms with Crippen LogP contribution in [0.25, 0.3) is 0 Å². The molecule has 0 aliphatic carbocycles. The number of amides is 1. The van der Waals surface area contributed by atoms with E-state index in [0.29, 0.717) is 0 Å². The summed E-state index contributed by atoms with van der Waals surface area (Å²) in [5.41, 5.74) is -0.0225. The second-order valence-corrected chi connectivity index (χ2v) is 7.57. The second kappa shape index (κ2) is 6.44. The number of carboxylic acids is 1. The Balaban J connectivity index is 2.35. The molecular formula is C15H17N3O5S. The molecule has 2 aromatic rings. The van der Waals surface area contributed by atoms with Crippen molar-refractivity contribution in [2.45, 2.75) is 24.8 Å². The van der Waals surface area contributed by atoms with Crippen LogP contribution in [0.15, 0.2) is 35.4 Å². The molecule has 0 radical (unpaired) electrons. The molecule has 1 aromatic carbocycles. The predicted octanol–water partition coefficient (Wildman–Crippen LogP) is 1.82. The molecule has 2 rings (SSSR count). The highest BCUT2D eigenvalue weighted by Crippen LogP contribution is 2.20. The van der Waals surface area contributed by atoms with E-state index >= 15 is 0 Å². The van der Waals surface area contributed by atoms with Gasteiger partial charge in [0.05, 0.1) is 10.5 Å². The maximum atomic E-state index is 12.2. The fourth-order valence-corrected chi connectivity index (χ4v) is 2.63. The predicted molar refractivity (Wildman–Crippen MR) is 87.1 cm³/mol. The molecule has 0 aliphatic rings. The number of nitrogens with one attached hydrogen (secondary N) is 1. The van der Waals surface area contributed by atoms with Gasteiger partial charge in [0.15, 0.2) is 15.5 Å². The average Bonchev–Trinajstić information content (AvgIpc) is 2.96. The summed E-state index contributed by atoms with van der Waals surface area (Å²) < 4.78 is 24.9. The number of anilines is 1. The summed E-state index contributed by atoms with van der Waals surface area (Å²) in [6.45, 7) is 3.81. The van der Waals surface area contributed by atoms with Crippen LogP contribution in [-0.4, -0.2) is 41.4 Å². The SMILES string of the molecule is CC(C)n1ccc(C(=O)Nc2cc(C(=O)O)cc(S(C)(=O)=O)c2)n1. The van der Waals surface area contributed by atoms with Crippen molar-refractivity contribution in [2.24, 2.45) is 0 Å². The van der Waals surface area contributed by atoms with Crippen LogP contribution in [-0.2, 0) is 9.84 Å². The molecule has 1 amide bonds. The van der Waals surface area contributed by atoms with Gasteiger partial charge in [-0.1, -0.05) is 0 Å². The van der Waals surface area contributed by atoms with Gasteiger partial charge >= 0.3 is 5.97 Å². The van der Waals surface area contributed by atoms with Gasteiger partial charge in [-0.2, -0.15) is 5.10 Å². The van der Waals surface area contributed by atoms with E-state index in [-0.39, 0.29) is 27.9 Å². The van der Waals surface area contributed by atoms with Crippen molar-refractivity contribution in [3.05, 3.63) is 41.7 Å². The van der Waals surface area contributed by atoms with E-state index in [4.69, 9.17) is 5.11 Å². The zero-order valence-electron chi connectivity index (χ0n) is 13.3. The zero-order valence-corrected chi connectivity index (χ0v) is 14.2. The van der Waals surface area contributed by atoms with E-state index in [2.05, 4.69) is 10.4 Å². The fourth-order valence-electron chi connectivity index (χ4n) is 1.95. The van der Waals surface area contributed by atoms with E-state index in [0.717, 1.165) is 12.3 Å². The van der Waals surface area contributed by atoms with E-state index in [9.17, 15) is 18.0 Å². The first kappa shape index (κ1) is 17.7. The topological polar surface area (TPSA) is 118 Å². The van der Waals surface area contributed by atoms with Crippen LogP contribution in [0.1, 0.15) is 40.7 Å². The highest BCUT2D eigenvalue weighted by molar-refractivity contribution is 7.90. The Morgan fingerprint density at radius 2 is 1.92 bits per heavy atom. The van der Waals surface area contributed by atoms with Gasteiger partial charge in [-0.05, 0) is 38.1 Å². The van der Waals surface area contributed by atoms with Crippen LogP contribution in [0.3, 0.4) is 0 Å². The first-order valence-electron chi connectivity index (χ1n) is 7.03. The van der Waals surface area contributed by atoms with Crippen molar-refractivity contribution in [3.63, 3.8) is 0 Å². The highest BCUT2D eigenvalue weighted by atomic mass is 32.2. The molecule has 0 unspecified atom stereocenters. The normalized spacial score (nSPS) is 11.5. The summed E-state index contributed by atoms with van der Waals surface area (Å²) >= 11 is 0. The van der Waals surface area contributed by atoms with Gasteiger partial charge in [0.2, 0.25) is 0 Å². The Bertz CT molecular complexity index is 900. The number of carbonyl (C=O) groups excluding carboxylic acids is 1. The summed E-state index contributed by atoms with van der Waals surface area (Å²) in [6.07, 6.45) is 2.61. The van der Waals surface area contributed by atoms with Crippen molar-refractivity contribution in [1.29, 1.82) is 0 Å². The van der Waals surface area contributed by atoms with E-state index < -0.39 is 21.7 Å². The molecule has 0 bridgehead atoms. The lowest BCUT2D eigenvalue weighted by atomic mass is 10.2. The standard InChI is InChI=1S/C15H17N3O5S/c1-9(2)18-5-4-13(17-18)14(19)16-11-6-10(15(20)21)7-12(8-11)24(3,22)23/h4-9H,1-3H3,(H,16,19)(H,20,21). The molecule has 24 heavy (non-hydrogen) atoms. The molecule has 1 aromatic heterocycles. The molecule has 0 saturated heterocycles. The van der Waals surface area contributed by atoms with Crippen LogP contribution < -0.4 is 5.32 Å². The quantitative estimate of drug-likeness (QED) is 0.848. The van der Waals surface area contributed by atoms with Gasteiger partial charge in [0.1, 0.15) is 0 Å². The molecule has 0 aliphatic heterocycles. The van der Waals surface area contributed by atoms with Crippen molar-refractivity contribution < 1.29 is 23.1 Å². The first-order valence-corrected chi connectivity index (χ1v) is 8.92. The lowest BCUT2D eigenvalue weighted by Crippen LogP contribution is -2.15. The minimum atomic E-state index is -3.62. The van der Waals surface area contributed by atoms with Crippen LogP contribution in [0.4, 0.5) is 5.69 Å². The van der Waals surface area contributed by atoms with E-state index in [1.807, 2.05) is 13.8 Å². The van der Waals surface area contributed by atoms with Gasteiger partial charge < -0.3 is 10.4 Å². The van der Waals surface area contributed by atoms with Crippen molar-refractivity contribution >= 4 is 27.4 Å². The van der Waals surface area contributed by atoms with Gasteiger partial charge in [0, 0.05) is 24.2 Å². The van der Waals surface area contributed by atoms with Crippen LogP contribution in [0.2, 0.25) is 0 Å². The number of rotatable bonds is 5. The molecule has 1 heterocycles. The zero-order chi connectivity index (χ0) is 18.1. The third-order valence-corrected chi connectivity index (χ3v) is 4.30. The number of carboxylic acid groups (broad SMARTS) is 1. The maximum Gasteiger partial charge on any atom is 0.335 e. The summed E-state index contributed by atoms with van der Waals surface area (Å²) in [7, 11) is -3.62. The Morgan fingerprint density at radius 3 is 2.42 bits per heavy atom. The van der Waals surface area contributed by atoms with E-state index in [1.165, 1.54) is 18.2 Å². The lowest BCUT2D eigenvalue weighted by Gasteiger charge is -2.08.